The Morgan fingerprint density at radius 2 is 1.93 bits per heavy atom. The number of pyridine rings is 1. The van der Waals surface area contributed by atoms with Crippen molar-refractivity contribution in [1.82, 2.24) is 19.7 Å². The van der Waals surface area contributed by atoms with E-state index in [1.807, 2.05) is 42.7 Å². The molecule has 0 aliphatic rings. The number of rotatable bonds is 8. The Bertz CT molecular complexity index is 898. The normalized spacial score (nSPS) is 10.7. The van der Waals surface area contributed by atoms with Gasteiger partial charge >= 0.3 is 0 Å². The lowest BCUT2D eigenvalue weighted by Crippen LogP contribution is -2.15. The molecule has 3 aromatic rings. The summed E-state index contributed by atoms with van der Waals surface area (Å²) in [5, 5.41) is 12.3. The number of para-hydroxylation sites is 1. The molecule has 0 radical (unpaired) electrons. The van der Waals surface area contributed by atoms with Crippen molar-refractivity contribution in [3.05, 3.63) is 48.8 Å². The molecule has 0 atom stereocenters. The number of hydrogen-bond acceptors (Lipinski definition) is 6. The molecule has 0 fully saturated rings. The van der Waals surface area contributed by atoms with Crippen LogP contribution in [0.2, 0.25) is 0 Å². The van der Waals surface area contributed by atoms with Crippen molar-refractivity contribution in [3.63, 3.8) is 0 Å². The summed E-state index contributed by atoms with van der Waals surface area (Å²) in [5.41, 5.74) is 1.80. The van der Waals surface area contributed by atoms with E-state index in [9.17, 15) is 4.79 Å². The summed E-state index contributed by atoms with van der Waals surface area (Å²) < 4.78 is 2.06. The third kappa shape index (κ3) is 4.90. The molecule has 0 saturated heterocycles. The third-order valence-electron chi connectivity index (χ3n) is 3.82. The van der Waals surface area contributed by atoms with Gasteiger partial charge < -0.3 is 9.88 Å². The fraction of sp³-hybridized carbons (Fsp3) is 0.263. The molecule has 0 aliphatic heterocycles. The molecule has 140 valence electrons. The van der Waals surface area contributed by atoms with Gasteiger partial charge in [0.05, 0.1) is 11.4 Å². The Morgan fingerprint density at radius 1 is 1.15 bits per heavy atom. The van der Waals surface area contributed by atoms with Crippen molar-refractivity contribution >= 4 is 35.1 Å². The van der Waals surface area contributed by atoms with Gasteiger partial charge in [-0.25, -0.2) is 0 Å². The maximum Gasteiger partial charge on any atom is 0.234 e. The molecule has 0 aliphatic carbocycles. The number of thioether (sulfide) groups is 2. The van der Waals surface area contributed by atoms with E-state index >= 15 is 0 Å². The van der Waals surface area contributed by atoms with E-state index in [1.165, 1.54) is 11.8 Å². The van der Waals surface area contributed by atoms with Crippen LogP contribution in [0.4, 0.5) is 5.69 Å². The van der Waals surface area contributed by atoms with Crippen molar-refractivity contribution in [2.45, 2.75) is 29.9 Å². The van der Waals surface area contributed by atoms with Crippen LogP contribution in [0.15, 0.2) is 58.8 Å². The number of carbonyl (C=O) groups is 1. The van der Waals surface area contributed by atoms with Gasteiger partial charge in [-0.1, -0.05) is 30.8 Å². The predicted molar refractivity (Wildman–Crippen MR) is 111 cm³/mol. The molecule has 0 bridgehead atoms. The van der Waals surface area contributed by atoms with Crippen LogP contribution in [0.3, 0.4) is 0 Å². The molecule has 3 rings (SSSR count). The van der Waals surface area contributed by atoms with Crippen LogP contribution < -0.4 is 5.32 Å². The minimum atomic E-state index is -0.0574. The van der Waals surface area contributed by atoms with Crippen molar-refractivity contribution in [1.29, 1.82) is 0 Å². The maximum absolute atomic E-state index is 12.4. The van der Waals surface area contributed by atoms with Crippen LogP contribution in [0.5, 0.6) is 0 Å². The minimum absolute atomic E-state index is 0.0574. The van der Waals surface area contributed by atoms with Crippen molar-refractivity contribution < 1.29 is 4.79 Å². The lowest BCUT2D eigenvalue weighted by atomic mass is 10.2. The van der Waals surface area contributed by atoms with Crippen molar-refractivity contribution in [2.24, 2.45) is 0 Å². The average Bonchev–Trinajstić information content (AvgIpc) is 3.10. The zero-order chi connectivity index (χ0) is 19.1. The van der Waals surface area contributed by atoms with E-state index in [0.717, 1.165) is 40.1 Å². The van der Waals surface area contributed by atoms with Gasteiger partial charge in [-0.15, -0.1) is 22.0 Å². The van der Waals surface area contributed by atoms with E-state index < -0.39 is 0 Å². The molecule has 8 heteroatoms. The summed E-state index contributed by atoms with van der Waals surface area (Å²) in [6.45, 7) is 2.90. The second kappa shape index (κ2) is 9.57. The van der Waals surface area contributed by atoms with E-state index in [1.54, 1.807) is 24.2 Å². The summed E-state index contributed by atoms with van der Waals surface area (Å²) >= 11 is 3.01. The van der Waals surface area contributed by atoms with Crippen LogP contribution >= 0.6 is 23.5 Å². The number of amides is 1. The Balaban J connectivity index is 1.70. The number of hydrogen-bond donors (Lipinski definition) is 1. The summed E-state index contributed by atoms with van der Waals surface area (Å²) in [5.74, 6) is 1.02. The lowest BCUT2D eigenvalue weighted by Gasteiger charge is -2.10. The fourth-order valence-electron chi connectivity index (χ4n) is 2.60. The molecule has 0 saturated carbocycles. The van der Waals surface area contributed by atoms with E-state index in [0.29, 0.717) is 0 Å². The number of carbonyl (C=O) groups excluding carboxylic acids is 1. The molecule has 1 aromatic carbocycles. The highest BCUT2D eigenvalue weighted by atomic mass is 32.2. The Kier molecular flexibility index (Phi) is 6.89. The largest absolute Gasteiger partial charge is 0.324 e. The molecular weight excluding hydrogens is 378 g/mol. The number of nitrogens with zero attached hydrogens (tertiary/aromatic N) is 4. The van der Waals surface area contributed by atoms with Gasteiger partial charge in [0.1, 0.15) is 0 Å². The first-order valence-electron chi connectivity index (χ1n) is 8.62. The van der Waals surface area contributed by atoms with Crippen LogP contribution in [0.25, 0.3) is 11.4 Å². The van der Waals surface area contributed by atoms with E-state index in [2.05, 4.69) is 32.0 Å². The second-order valence-corrected chi connectivity index (χ2v) is 7.52. The smallest absolute Gasteiger partial charge is 0.234 e. The van der Waals surface area contributed by atoms with Crippen molar-refractivity contribution in [2.75, 3.05) is 17.3 Å². The van der Waals surface area contributed by atoms with E-state index in [-0.39, 0.29) is 11.7 Å². The monoisotopic (exact) mass is 399 g/mol. The Morgan fingerprint density at radius 3 is 2.67 bits per heavy atom. The number of nitrogens with one attached hydrogen (secondary N) is 1. The van der Waals surface area contributed by atoms with Gasteiger partial charge in [-0.3, -0.25) is 9.78 Å². The molecule has 1 amide bonds. The van der Waals surface area contributed by atoms with Gasteiger partial charge in [0.25, 0.3) is 0 Å². The first kappa shape index (κ1) is 19.4. The molecular formula is C19H21N5OS2. The van der Waals surface area contributed by atoms with Crippen LogP contribution in [0, 0.1) is 0 Å². The van der Waals surface area contributed by atoms with Crippen LogP contribution in [-0.4, -0.2) is 37.7 Å². The average molecular weight is 400 g/mol. The summed E-state index contributed by atoms with van der Waals surface area (Å²) in [6, 6.07) is 11.6. The first-order valence-corrected chi connectivity index (χ1v) is 10.8. The first-order chi connectivity index (χ1) is 13.2. The topological polar surface area (TPSA) is 72.7 Å². The molecule has 6 nitrogen and oxygen atoms in total. The number of benzene rings is 1. The van der Waals surface area contributed by atoms with Crippen molar-refractivity contribution in [3.8, 4) is 11.4 Å². The zero-order valence-corrected chi connectivity index (χ0v) is 16.9. The summed E-state index contributed by atoms with van der Waals surface area (Å²) in [6.07, 6.45) is 6.43. The van der Waals surface area contributed by atoms with Gasteiger partial charge in [-0.2, -0.15) is 0 Å². The highest BCUT2D eigenvalue weighted by Gasteiger charge is 2.15. The second-order valence-electron chi connectivity index (χ2n) is 5.73. The SMILES string of the molecule is CCCn1c(SCC(=O)Nc2ccccc2SC)nnc1-c1ccncc1. The highest BCUT2D eigenvalue weighted by Crippen LogP contribution is 2.26. The Labute approximate surface area is 167 Å². The standard InChI is InChI=1S/C19H21N5OS2/c1-3-12-24-18(14-8-10-20-11-9-14)22-23-19(24)27-13-17(25)21-15-6-4-5-7-16(15)26-2/h4-11H,3,12-13H2,1-2H3,(H,21,25). The predicted octanol–water partition coefficient (Wildman–Crippen LogP) is 4.20. The van der Waals surface area contributed by atoms with Gasteiger partial charge in [0, 0.05) is 29.4 Å². The maximum atomic E-state index is 12.4. The zero-order valence-electron chi connectivity index (χ0n) is 15.3. The van der Waals surface area contributed by atoms with Crippen LogP contribution in [-0.2, 0) is 11.3 Å². The summed E-state index contributed by atoms with van der Waals surface area (Å²) in [4.78, 5) is 17.5. The molecule has 0 spiro atoms. The van der Waals surface area contributed by atoms with Gasteiger partial charge in [0.2, 0.25) is 5.91 Å². The summed E-state index contributed by atoms with van der Waals surface area (Å²) in [7, 11) is 0. The highest BCUT2D eigenvalue weighted by molar-refractivity contribution is 7.99. The quantitative estimate of drug-likeness (QED) is 0.572. The number of aromatic nitrogens is 4. The Hall–Kier alpha value is -2.32. The molecule has 1 N–H and O–H groups in total. The van der Waals surface area contributed by atoms with E-state index in [4.69, 9.17) is 0 Å². The van der Waals surface area contributed by atoms with Gasteiger partial charge in [-0.05, 0) is 36.9 Å². The molecule has 2 aromatic heterocycles. The molecule has 2 heterocycles. The van der Waals surface area contributed by atoms with Gasteiger partial charge in [0.15, 0.2) is 11.0 Å². The fourth-order valence-corrected chi connectivity index (χ4v) is 3.92. The minimum Gasteiger partial charge on any atom is -0.324 e. The third-order valence-corrected chi connectivity index (χ3v) is 5.58. The number of anilines is 1. The molecule has 0 unspecified atom stereocenters. The lowest BCUT2D eigenvalue weighted by molar-refractivity contribution is -0.113. The van der Waals surface area contributed by atoms with Crippen LogP contribution in [0.1, 0.15) is 13.3 Å². The molecule has 27 heavy (non-hydrogen) atoms.